The first-order valence-corrected chi connectivity index (χ1v) is 6.71. The van der Waals surface area contributed by atoms with Crippen LogP contribution in [0.4, 0.5) is 5.69 Å². The molecule has 21 heavy (non-hydrogen) atoms. The van der Waals surface area contributed by atoms with Crippen LogP contribution in [0, 0.1) is 6.92 Å². The molecule has 0 spiro atoms. The van der Waals surface area contributed by atoms with Crippen LogP contribution in [0.25, 0.3) is 0 Å². The van der Waals surface area contributed by atoms with Crippen molar-refractivity contribution in [3.05, 3.63) is 64.2 Å². The van der Waals surface area contributed by atoms with Gasteiger partial charge < -0.3 is 10.4 Å². The molecule has 0 aliphatic heterocycles. The molecule has 2 aromatic carbocycles. The molecule has 0 heterocycles. The van der Waals surface area contributed by atoms with Crippen LogP contribution in [0.3, 0.4) is 0 Å². The van der Waals surface area contributed by atoms with Gasteiger partial charge in [-0.05, 0) is 48.4 Å². The molecule has 0 atom stereocenters. The first kappa shape index (κ1) is 15.1. The number of aryl methyl sites for hydroxylation is 1. The van der Waals surface area contributed by atoms with Gasteiger partial charge in [0.05, 0.1) is 6.42 Å². The Morgan fingerprint density at radius 1 is 1.14 bits per heavy atom. The van der Waals surface area contributed by atoms with E-state index >= 15 is 0 Å². The summed E-state index contributed by atoms with van der Waals surface area (Å²) in [5, 5.41) is 12.0. The van der Waals surface area contributed by atoms with Gasteiger partial charge in [-0.3, -0.25) is 9.59 Å². The molecular formula is C16H14ClNO3. The van der Waals surface area contributed by atoms with Crippen molar-refractivity contribution in [2.45, 2.75) is 13.3 Å². The Balaban J connectivity index is 2.10. The predicted octanol–water partition coefficient (Wildman–Crippen LogP) is 3.53. The second-order valence-corrected chi connectivity index (χ2v) is 5.18. The number of carbonyl (C=O) groups excluding carboxylic acids is 1. The normalized spacial score (nSPS) is 10.2. The zero-order chi connectivity index (χ0) is 15.4. The SMILES string of the molecule is Cc1cc(Cl)cc(C(=O)Nc2ccc(CC(=O)O)cc2)c1. The molecule has 2 N–H and O–H groups in total. The van der Waals surface area contributed by atoms with Gasteiger partial charge in [0.15, 0.2) is 0 Å². The number of rotatable bonds is 4. The summed E-state index contributed by atoms with van der Waals surface area (Å²) in [5.41, 5.74) is 2.67. The van der Waals surface area contributed by atoms with Crippen molar-refractivity contribution in [2.75, 3.05) is 5.32 Å². The first-order valence-electron chi connectivity index (χ1n) is 6.33. The molecular weight excluding hydrogens is 290 g/mol. The number of aliphatic carboxylic acids is 1. The first-order chi connectivity index (χ1) is 9.94. The van der Waals surface area contributed by atoms with Gasteiger partial charge in [-0.15, -0.1) is 0 Å². The molecule has 108 valence electrons. The number of benzene rings is 2. The molecule has 0 aliphatic rings. The lowest BCUT2D eigenvalue weighted by atomic mass is 10.1. The third-order valence-electron chi connectivity index (χ3n) is 2.87. The number of anilines is 1. The summed E-state index contributed by atoms with van der Waals surface area (Å²) >= 11 is 5.93. The number of hydrogen-bond donors (Lipinski definition) is 2. The maximum absolute atomic E-state index is 12.1. The Morgan fingerprint density at radius 2 is 1.81 bits per heavy atom. The van der Waals surface area contributed by atoms with Crippen molar-refractivity contribution in [3.8, 4) is 0 Å². The van der Waals surface area contributed by atoms with Gasteiger partial charge in [-0.2, -0.15) is 0 Å². The third kappa shape index (κ3) is 4.33. The molecule has 0 aromatic heterocycles. The average molecular weight is 304 g/mol. The minimum Gasteiger partial charge on any atom is -0.481 e. The third-order valence-corrected chi connectivity index (χ3v) is 3.09. The summed E-state index contributed by atoms with van der Waals surface area (Å²) in [6.45, 7) is 1.86. The van der Waals surface area contributed by atoms with Crippen molar-refractivity contribution in [2.24, 2.45) is 0 Å². The van der Waals surface area contributed by atoms with Gasteiger partial charge >= 0.3 is 5.97 Å². The summed E-state index contributed by atoms with van der Waals surface area (Å²) in [5.74, 6) is -1.15. The molecule has 0 bridgehead atoms. The molecule has 2 aromatic rings. The zero-order valence-corrected chi connectivity index (χ0v) is 12.1. The highest BCUT2D eigenvalue weighted by atomic mass is 35.5. The Morgan fingerprint density at radius 3 is 2.38 bits per heavy atom. The molecule has 0 saturated carbocycles. The number of carbonyl (C=O) groups is 2. The van der Waals surface area contributed by atoms with Crippen molar-refractivity contribution in [3.63, 3.8) is 0 Å². The van der Waals surface area contributed by atoms with Crippen molar-refractivity contribution in [1.82, 2.24) is 0 Å². The largest absolute Gasteiger partial charge is 0.481 e. The molecule has 5 heteroatoms. The summed E-state index contributed by atoms with van der Waals surface area (Å²) in [7, 11) is 0. The van der Waals surface area contributed by atoms with Gasteiger partial charge in [0.25, 0.3) is 5.91 Å². The van der Waals surface area contributed by atoms with Crippen LogP contribution in [0.5, 0.6) is 0 Å². The fourth-order valence-corrected chi connectivity index (χ4v) is 2.24. The van der Waals surface area contributed by atoms with Crippen LogP contribution in [0.2, 0.25) is 5.02 Å². The van der Waals surface area contributed by atoms with Gasteiger partial charge in [-0.25, -0.2) is 0 Å². The zero-order valence-electron chi connectivity index (χ0n) is 11.4. The number of hydrogen-bond acceptors (Lipinski definition) is 2. The van der Waals surface area contributed by atoms with E-state index in [1.165, 1.54) is 0 Å². The lowest BCUT2D eigenvalue weighted by molar-refractivity contribution is -0.136. The summed E-state index contributed by atoms with van der Waals surface area (Å²) < 4.78 is 0. The maximum atomic E-state index is 12.1. The summed E-state index contributed by atoms with van der Waals surface area (Å²) in [6, 6.07) is 11.8. The van der Waals surface area contributed by atoms with Gasteiger partial charge in [0.2, 0.25) is 0 Å². The smallest absolute Gasteiger partial charge is 0.307 e. The van der Waals surface area contributed by atoms with Crippen molar-refractivity contribution < 1.29 is 14.7 Å². The highest BCUT2D eigenvalue weighted by molar-refractivity contribution is 6.31. The number of amides is 1. The monoisotopic (exact) mass is 303 g/mol. The Bertz CT molecular complexity index is 660. The summed E-state index contributed by atoms with van der Waals surface area (Å²) in [4.78, 5) is 22.7. The second-order valence-electron chi connectivity index (χ2n) is 4.74. The average Bonchev–Trinajstić information content (AvgIpc) is 2.39. The van der Waals surface area contributed by atoms with E-state index in [2.05, 4.69) is 5.32 Å². The predicted molar refractivity (Wildman–Crippen MR) is 81.9 cm³/mol. The number of carboxylic acids is 1. The van der Waals surface area contributed by atoms with Crippen molar-refractivity contribution in [1.29, 1.82) is 0 Å². The summed E-state index contributed by atoms with van der Waals surface area (Å²) in [6.07, 6.45) is -0.0400. The van der Waals surface area contributed by atoms with Gasteiger partial charge in [0, 0.05) is 16.3 Å². The second kappa shape index (κ2) is 6.41. The number of halogens is 1. The van der Waals surface area contributed by atoms with Crippen LogP contribution >= 0.6 is 11.6 Å². The fourth-order valence-electron chi connectivity index (χ4n) is 1.95. The lowest BCUT2D eigenvalue weighted by Crippen LogP contribution is -2.12. The molecule has 0 fully saturated rings. The fraction of sp³-hybridized carbons (Fsp3) is 0.125. The molecule has 0 radical (unpaired) electrons. The van der Waals surface area contributed by atoms with Crippen LogP contribution < -0.4 is 5.32 Å². The molecule has 0 saturated heterocycles. The minimum absolute atomic E-state index is 0.0400. The van der Waals surface area contributed by atoms with E-state index in [9.17, 15) is 9.59 Å². The Hall–Kier alpha value is -2.33. The van der Waals surface area contributed by atoms with Gasteiger partial charge in [0.1, 0.15) is 0 Å². The Kier molecular flexibility index (Phi) is 4.60. The highest BCUT2D eigenvalue weighted by Gasteiger charge is 2.08. The molecule has 2 rings (SSSR count). The molecule has 1 amide bonds. The van der Waals surface area contributed by atoms with Crippen molar-refractivity contribution >= 4 is 29.2 Å². The van der Waals surface area contributed by atoms with Crippen LogP contribution in [-0.2, 0) is 11.2 Å². The topological polar surface area (TPSA) is 66.4 Å². The number of nitrogens with one attached hydrogen (secondary N) is 1. The Labute approximate surface area is 127 Å². The van der Waals surface area contributed by atoms with Crippen LogP contribution in [-0.4, -0.2) is 17.0 Å². The molecule has 0 unspecified atom stereocenters. The van der Waals surface area contributed by atoms with E-state index in [0.29, 0.717) is 21.8 Å². The van der Waals surface area contributed by atoms with E-state index in [1.807, 2.05) is 6.92 Å². The lowest BCUT2D eigenvalue weighted by Gasteiger charge is -2.07. The van der Waals surface area contributed by atoms with Crippen LogP contribution in [0.1, 0.15) is 21.5 Å². The highest BCUT2D eigenvalue weighted by Crippen LogP contribution is 2.17. The van der Waals surface area contributed by atoms with E-state index in [1.54, 1.807) is 42.5 Å². The van der Waals surface area contributed by atoms with E-state index in [-0.39, 0.29) is 12.3 Å². The minimum atomic E-state index is -0.888. The van der Waals surface area contributed by atoms with Crippen LogP contribution in [0.15, 0.2) is 42.5 Å². The van der Waals surface area contributed by atoms with Gasteiger partial charge in [-0.1, -0.05) is 23.7 Å². The maximum Gasteiger partial charge on any atom is 0.307 e. The van der Waals surface area contributed by atoms with E-state index in [4.69, 9.17) is 16.7 Å². The van der Waals surface area contributed by atoms with E-state index in [0.717, 1.165) is 5.56 Å². The molecule has 0 aliphatic carbocycles. The quantitative estimate of drug-likeness (QED) is 0.908. The number of carboxylic acid groups (broad SMARTS) is 1. The molecule has 4 nitrogen and oxygen atoms in total. The van der Waals surface area contributed by atoms with E-state index < -0.39 is 5.97 Å². The standard InChI is InChI=1S/C16H14ClNO3/c1-10-6-12(9-13(17)7-10)16(21)18-14-4-2-11(3-5-14)8-15(19)20/h2-7,9H,8H2,1H3,(H,18,21)(H,19,20).